The Hall–Kier alpha value is -2.85. The molecule has 0 aliphatic heterocycles. The Labute approximate surface area is 151 Å². The highest BCUT2D eigenvalue weighted by atomic mass is 16.6. The van der Waals surface area contributed by atoms with Crippen molar-refractivity contribution in [3.05, 3.63) is 0 Å². The maximum absolute atomic E-state index is 12.1. The highest BCUT2D eigenvalue weighted by Crippen LogP contribution is 2.07. The van der Waals surface area contributed by atoms with Gasteiger partial charge in [0.15, 0.2) is 0 Å². The van der Waals surface area contributed by atoms with Gasteiger partial charge in [-0.15, -0.1) is 0 Å². The molecule has 0 fully saturated rings. The predicted octanol–water partition coefficient (Wildman–Crippen LogP) is -1.15. The number of carboxylic acids is 1. The Morgan fingerprint density at radius 3 is 2.12 bits per heavy atom. The predicted molar refractivity (Wildman–Crippen MR) is 89.8 cm³/mol. The lowest BCUT2D eigenvalue weighted by Gasteiger charge is -2.23. The highest BCUT2D eigenvalue weighted by Gasteiger charge is 2.26. The Morgan fingerprint density at radius 2 is 1.65 bits per heavy atom. The molecule has 0 heterocycles. The number of carbonyl (C=O) groups is 5. The van der Waals surface area contributed by atoms with E-state index in [0.717, 1.165) is 0 Å². The SMILES string of the molecule is C[C@H](NC(=O)OC(C)(C)C)C(=O)N[C@@H](CCC(N)=O)C(=O)NCC(=O)O. The number of rotatable bonds is 9. The molecule has 0 aliphatic carbocycles. The number of carboxylic acid groups (broad SMARTS) is 1. The quantitative estimate of drug-likeness (QED) is 0.338. The number of primary amides is 1. The van der Waals surface area contributed by atoms with Crippen molar-refractivity contribution in [2.75, 3.05) is 6.54 Å². The van der Waals surface area contributed by atoms with Crippen LogP contribution in [0.1, 0.15) is 40.5 Å². The van der Waals surface area contributed by atoms with Crippen LogP contribution in [-0.2, 0) is 23.9 Å². The molecule has 0 rings (SSSR count). The Kier molecular flexibility index (Phi) is 9.09. The van der Waals surface area contributed by atoms with E-state index >= 15 is 0 Å². The molecule has 0 saturated carbocycles. The molecule has 6 N–H and O–H groups in total. The first-order valence-electron chi connectivity index (χ1n) is 7.89. The van der Waals surface area contributed by atoms with Crippen molar-refractivity contribution in [2.45, 2.75) is 58.2 Å². The van der Waals surface area contributed by atoms with Gasteiger partial charge in [-0.3, -0.25) is 19.2 Å². The second-order valence-electron chi connectivity index (χ2n) is 6.55. The lowest BCUT2D eigenvalue weighted by atomic mass is 10.1. The fourth-order valence-corrected chi connectivity index (χ4v) is 1.69. The van der Waals surface area contributed by atoms with E-state index in [1.54, 1.807) is 20.8 Å². The average molecular weight is 374 g/mol. The van der Waals surface area contributed by atoms with Crippen LogP contribution < -0.4 is 21.7 Å². The fraction of sp³-hybridized carbons (Fsp3) is 0.667. The highest BCUT2D eigenvalue weighted by molar-refractivity contribution is 5.92. The van der Waals surface area contributed by atoms with Crippen LogP contribution >= 0.6 is 0 Å². The molecule has 0 saturated heterocycles. The fourth-order valence-electron chi connectivity index (χ4n) is 1.69. The first kappa shape index (κ1) is 23.1. The molecule has 0 aromatic rings. The first-order chi connectivity index (χ1) is 11.8. The second-order valence-corrected chi connectivity index (χ2v) is 6.55. The standard InChI is InChI=1S/C15H26N4O7/c1-8(18-14(25)26-15(2,3)4)12(23)19-9(5-6-10(16)20)13(24)17-7-11(21)22/h8-9H,5-7H2,1-4H3,(H2,16,20)(H,17,24)(H,18,25)(H,19,23)(H,21,22)/t8-,9-/m0/s1. The minimum absolute atomic E-state index is 0.119. The first-order valence-corrected chi connectivity index (χ1v) is 7.89. The van der Waals surface area contributed by atoms with Crippen LogP contribution in [0.3, 0.4) is 0 Å². The summed E-state index contributed by atoms with van der Waals surface area (Å²) in [4.78, 5) is 57.2. The van der Waals surface area contributed by atoms with Crippen LogP contribution in [0.25, 0.3) is 0 Å². The molecular weight excluding hydrogens is 348 g/mol. The van der Waals surface area contributed by atoms with Gasteiger partial charge in [0.25, 0.3) is 0 Å². The van der Waals surface area contributed by atoms with Gasteiger partial charge < -0.3 is 31.5 Å². The van der Waals surface area contributed by atoms with Crippen LogP contribution in [0.4, 0.5) is 4.79 Å². The van der Waals surface area contributed by atoms with Crippen LogP contribution in [0.2, 0.25) is 0 Å². The molecule has 0 aromatic carbocycles. The summed E-state index contributed by atoms with van der Waals surface area (Å²) in [5, 5.41) is 15.3. The number of nitrogens with two attached hydrogens (primary N) is 1. The van der Waals surface area contributed by atoms with E-state index in [4.69, 9.17) is 15.6 Å². The van der Waals surface area contributed by atoms with Crippen molar-refractivity contribution in [3.63, 3.8) is 0 Å². The van der Waals surface area contributed by atoms with Crippen molar-refractivity contribution in [3.8, 4) is 0 Å². The van der Waals surface area contributed by atoms with E-state index in [9.17, 15) is 24.0 Å². The third-order valence-electron chi connectivity index (χ3n) is 2.85. The summed E-state index contributed by atoms with van der Waals surface area (Å²) in [5.41, 5.74) is 4.28. The summed E-state index contributed by atoms with van der Waals surface area (Å²) in [6.07, 6.45) is -1.13. The van der Waals surface area contributed by atoms with Crippen LogP contribution in [0.15, 0.2) is 0 Å². The molecule has 4 amide bonds. The van der Waals surface area contributed by atoms with Gasteiger partial charge in [-0.25, -0.2) is 4.79 Å². The minimum atomic E-state index is -1.27. The molecule has 0 aliphatic rings. The number of alkyl carbamates (subject to hydrolysis) is 1. The molecule has 148 valence electrons. The van der Waals surface area contributed by atoms with Crippen molar-refractivity contribution in [1.82, 2.24) is 16.0 Å². The van der Waals surface area contributed by atoms with E-state index in [0.29, 0.717) is 0 Å². The van der Waals surface area contributed by atoms with E-state index < -0.39 is 54.0 Å². The van der Waals surface area contributed by atoms with Gasteiger partial charge in [0.05, 0.1) is 0 Å². The van der Waals surface area contributed by atoms with Gasteiger partial charge >= 0.3 is 12.1 Å². The third-order valence-corrected chi connectivity index (χ3v) is 2.85. The van der Waals surface area contributed by atoms with Crippen molar-refractivity contribution in [1.29, 1.82) is 0 Å². The van der Waals surface area contributed by atoms with Gasteiger partial charge in [0.1, 0.15) is 24.2 Å². The number of ether oxygens (including phenoxy) is 1. The van der Waals surface area contributed by atoms with Gasteiger partial charge in [-0.1, -0.05) is 0 Å². The maximum atomic E-state index is 12.1. The van der Waals surface area contributed by atoms with Crippen LogP contribution in [0.5, 0.6) is 0 Å². The minimum Gasteiger partial charge on any atom is -0.480 e. The van der Waals surface area contributed by atoms with Gasteiger partial charge in [0.2, 0.25) is 17.7 Å². The lowest BCUT2D eigenvalue weighted by Crippen LogP contribution is -2.53. The molecule has 11 nitrogen and oxygen atoms in total. The molecule has 0 radical (unpaired) electrons. The van der Waals surface area contributed by atoms with Gasteiger partial charge in [-0.05, 0) is 34.1 Å². The molecule has 11 heteroatoms. The van der Waals surface area contributed by atoms with Gasteiger partial charge in [0, 0.05) is 6.42 Å². The summed E-state index contributed by atoms with van der Waals surface area (Å²) in [6.45, 7) is 5.70. The number of aliphatic carboxylic acids is 1. The van der Waals surface area contributed by atoms with Crippen molar-refractivity contribution >= 4 is 29.8 Å². The Bertz CT molecular complexity index is 557. The molecular formula is C15H26N4O7. The second kappa shape index (κ2) is 10.2. The zero-order valence-electron chi connectivity index (χ0n) is 15.3. The molecule has 0 aromatic heterocycles. The summed E-state index contributed by atoms with van der Waals surface area (Å²) >= 11 is 0. The van der Waals surface area contributed by atoms with Crippen molar-refractivity contribution in [2.24, 2.45) is 5.73 Å². The Morgan fingerprint density at radius 1 is 1.08 bits per heavy atom. The molecule has 0 unspecified atom stereocenters. The zero-order valence-corrected chi connectivity index (χ0v) is 15.3. The lowest BCUT2D eigenvalue weighted by molar-refractivity contribution is -0.138. The Balaban J connectivity index is 4.81. The normalized spacial score (nSPS) is 13.1. The number of hydrogen-bond donors (Lipinski definition) is 5. The van der Waals surface area contributed by atoms with E-state index in [-0.39, 0.29) is 12.8 Å². The molecule has 2 atom stereocenters. The topological polar surface area (TPSA) is 177 Å². The van der Waals surface area contributed by atoms with Crippen LogP contribution in [-0.4, -0.2) is 59.1 Å². The summed E-state index contributed by atoms with van der Waals surface area (Å²) < 4.78 is 5.02. The number of amides is 4. The number of hydrogen-bond acceptors (Lipinski definition) is 6. The van der Waals surface area contributed by atoms with Crippen LogP contribution in [0, 0.1) is 0 Å². The van der Waals surface area contributed by atoms with Gasteiger partial charge in [-0.2, -0.15) is 0 Å². The monoisotopic (exact) mass is 374 g/mol. The van der Waals surface area contributed by atoms with E-state index in [2.05, 4.69) is 16.0 Å². The number of nitrogens with one attached hydrogen (secondary N) is 3. The van der Waals surface area contributed by atoms with E-state index in [1.807, 2.05) is 0 Å². The largest absolute Gasteiger partial charge is 0.480 e. The van der Waals surface area contributed by atoms with Crippen molar-refractivity contribution < 1.29 is 33.8 Å². The molecule has 0 spiro atoms. The zero-order chi connectivity index (χ0) is 20.5. The summed E-state index contributed by atoms with van der Waals surface area (Å²) in [6, 6.07) is -2.22. The smallest absolute Gasteiger partial charge is 0.408 e. The summed E-state index contributed by atoms with van der Waals surface area (Å²) in [5.74, 6) is -3.45. The maximum Gasteiger partial charge on any atom is 0.408 e. The molecule has 0 bridgehead atoms. The molecule has 26 heavy (non-hydrogen) atoms. The third kappa shape index (κ3) is 10.8. The van der Waals surface area contributed by atoms with E-state index in [1.165, 1.54) is 6.92 Å². The number of carbonyl (C=O) groups excluding carboxylic acids is 4. The summed E-state index contributed by atoms with van der Waals surface area (Å²) in [7, 11) is 0. The average Bonchev–Trinajstić information content (AvgIpc) is 2.46.